The van der Waals surface area contributed by atoms with E-state index in [1.807, 2.05) is 0 Å². The Morgan fingerprint density at radius 3 is 2.78 bits per heavy atom. The van der Waals surface area contributed by atoms with Crippen molar-refractivity contribution in [1.82, 2.24) is 5.32 Å². The maximum atomic E-state index is 13.2. The maximum Gasteiger partial charge on any atom is 0.165 e. The molecular weight excluding hydrogens is 229 g/mol. The van der Waals surface area contributed by atoms with Crippen molar-refractivity contribution in [2.24, 2.45) is 5.92 Å². The molecule has 1 aliphatic carbocycles. The largest absolute Gasteiger partial charge is 0.505 e. The van der Waals surface area contributed by atoms with Crippen molar-refractivity contribution in [3.8, 4) is 5.75 Å². The molecule has 0 bridgehead atoms. The standard InChI is InChI=1S/C15H22FNO/c1-11(12-6-3-2-4-7-12)17-10-13-8-5-9-14(16)15(13)18/h5,8-9,11-12,17-18H,2-4,6-7,10H2,1H3/t11-/m1/s1. The van der Waals surface area contributed by atoms with Gasteiger partial charge in [-0.3, -0.25) is 0 Å². The van der Waals surface area contributed by atoms with Crippen molar-refractivity contribution in [3.63, 3.8) is 0 Å². The van der Waals surface area contributed by atoms with Crippen molar-refractivity contribution in [1.29, 1.82) is 0 Å². The molecule has 0 aliphatic heterocycles. The molecule has 2 N–H and O–H groups in total. The van der Waals surface area contributed by atoms with Gasteiger partial charge in [-0.05, 0) is 31.7 Å². The molecule has 0 saturated heterocycles. The lowest BCUT2D eigenvalue weighted by molar-refractivity contribution is 0.279. The van der Waals surface area contributed by atoms with Crippen LogP contribution in [-0.2, 0) is 6.54 Å². The van der Waals surface area contributed by atoms with Gasteiger partial charge in [-0.1, -0.05) is 31.4 Å². The fourth-order valence-electron chi connectivity index (χ4n) is 2.77. The molecule has 1 fully saturated rings. The smallest absolute Gasteiger partial charge is 0.165 e. The topological polar surface area (TPSA) is 32.3 Å². The molecule has 0 aromatic heterocycles. The Labute approximate surface area is 108 Å². The number of para-hydroxylation sites is 1. The number of halogens is 1. The summed E-state index contributed by atoms with van der Waals surface area (Å²) in [5.41, 5.74) is 0.637. The molecule has 0 unspecified atom stereocenters. The first-order chi connectivity index (χ1) is 8.68. The number of phenolic OH excluding ortho intramolecular Hbond substituents is 1. The molecule has 1 aromatic carbocycles. The highest BCUT2D eigenvalue weighted by molar-refractivity contribution is 5.33. The third kappa shape index (κ3) is 3.22. The number of benzene rings is 1. The first-order valence-corrected chi connectivity index (χ1v) is 6.88. The van der Waals surface area contributed by atoms with Gasteiger partial charge in [0.2, 0.25) is 0 Å². The van der Waals surface area contributed by atoms with Gasteiger partial charge in [-0.15, -0.1) is 0 Å². The minimum Gasteiger partial charge on any atom is -0.505 e. The van der Waals surface area contributed by atoms with Crippen molar-refractivity contribution < 1.29 is 9.50 Å². The number of hydrogen-bond acceptors (Lipinski definition) is 2. The Morgan fingerprint density at radius 2 is 2.06 bits per heavy atom. The quantitative estimate of drug-likeness (QED) is 0.857. The summed E-state index contributed by atoms with van der Waals surface area (Å²) in [4.78, 5) is 0. The summed E-state index contributed by atoms with van der Waals surface area (Å²) in [5.74, 6) is -0.0464. The van der Waals surface area contributed by atoms with Crippen LogP contribution in [0.3, 0.4) is 0 Å². The monoisotopic (exact) mass is 251 g/mol. The minimum absolute atomic E-state index is 0.221. The van der Waals surface area contributed by atoms with E-state index in [1.165, 1.54) is 38.2 Å². The van der Waals surface area contributed by atoms with Crippen LogP contribution in [0.15, 0.2) is 18.2 Å². The molecule has 1 saturated carbocycles. The highest BCUT2D eigenvalue weighted by Gasteiger charge is 2.19. The Hall–Kier alpha value is -1.09. The average molecular weight is 251 g/mol. The van der Waals surface area contributed by atoms with Crippen LogP contribution in [0.5, 0.6) is 5.75 Å². The van der Waals surface area contributed by atoms with Crippen LogP contribution in [0.4, 0.5) is 4.39 Å². The van der Waals surface area contributed by atoms with Gasteiger partial charge in [0, 0.05) is 18.2 Å². The fraction of sp³-hybridized carbons (Fsp3) is 0.600. The lowest BCUT2D eigenvalue weighted by Crippen LogP contribution is -2.34. The van der Waals surface area contributed by atoms with Crippen molar-refractivity contribution in [2.45, 2.75) is 51.6 Å². The van der Waals surface area contributed by atoms with Crippen LogP contribution in [0, 0.1) is 11.7 Å². The van der Waals surface area contributed by atoms with Crippen molar-refractivity contribution in [3.05, 3.63) is 29.6 Å². The van der Waals surface area contributed by atoms with Gasteiger partial charge in [0.1, 0.15) is 0 Å². The highest BCUT2D eigenvalue weighted by Crippen LogP contribution is 2.27. The second kappa shape index (κ2) is 6.19. The predicted octanol–water partition coefficient (Wildman–Crippen LogP) is 3.59. The third-order valence-corrected chi connectivity index (χ3v) is 4.04. The Morgan fingerprint density at radius 1 is 1.33 bits per heavy atom. The Kier molecular flexibility index (Phi) is 4.59. The number of nitrogens with one attached hydrogen (secondary N) is 1. The van der Waals surface area contributed by atoms with E-state index in [0.717, 1.165) is 5.92 Å². The van der Waals surface area contributed by atoms with Gasteiger partial charge >= 0.3 is 0 Å². The summed E-state index contributed by atoms with van der Waals surface area (Å²) in [6.07, 6.45) is 6.56. The number of phenols is 1. The van der Waals surface area contributed by atoms with E-state index in [0.29, 0.717) is 18.2 Å². The second-order valence-electron chi connectivity index (χ2n) is 5.32. The molecule has 1 atom stereocenters. The SMILES string of the molecule is C[C@@H](NCc1cccc(F)c1O)C1CCCCC1. The van der Waals surface area contributed by atoms with Gasteiger partial charge in [0.05, 0.1) is 0 Å². The van der Waals surface area contributed by atoms with Crippen LogP contribution in [0.2, 0.25) is 0 Å². The molecule has 1 aliphatic rings. The number of hydrogen-bond donors (Lipinski definition) is 2. The molecule has 3 heteroatoms. The molecule has 2 nitrogen and oxygen atoms in total. The fourth-order valence-corrected chi connectivity index (χ4v) is 2.77. The van der Waals surface area contributed by atoms with Gasteiger partial charge in [-0.2, -0.15) is 0 Å². The van der Waals surface area contributed by atoms with Crippen LogP contribution in [0.1, 0.15) is 44.6 Å². The predicted molar refractivity (Wildman–Crippen MR) is 70.9 cm³/mol. The molecule has 2 rings (SSSR count). The Bertz CT molecular complexity index is 388. The molecule has 1 aromatic rings. The summed E-state index contributed by atoms with van der Waals surface area (Å²) < 4.78 is 13.2. The summed E-state index contributed by atoms with van der Waals surface area (Å²) in [6, 6.07) is 5.10. The molecule has 0 spiro atoms. The molecule has 18 heavy (non-hydrogen) atoms. The summed E-state index contributed by atoms with van der Waals surface area (Å²) in [5, 5.41) is 13.0. The van der Waals surface area contributed by atoms with E-state index in [9.17, 15) is 9.50 Å². The maximum absolute atomic E-state index is 13.2. The van der Waals surface area contributed by atoms with Gasteiger partial charge in [0.15, 0.2) is 11.6 Å². The zero-order valence-electron chi connectivity index (χ0n) is 11.0. The third-order valence-electron chi connectivity index (χ3n) is 4.04. The summed E-state index contributed by atoms with van der Waals surface area (Å²) >= 11 is 0. The highest BCUT2D eigenvalue weighted by atomic mass is 19.1. The molecule has 0 amide bonds. The van der Waals surface area contributed by atoms with E-state index in [-0.39, 0.29) is 5.75 Å². The van der Waals surface area contributed by atoms with E-state index in [4.69, 9.17) is 0 Å². The van der Waals surface area contributed by atoms with E-state index >= 15 is 0 Å². The van der Waals surface area contributed by atoms with Crippen LogP contribution in [0.25, 0.3) is 0 Å². The first-order valence-electron chi connectivity index (χ1n) is 6.88. The van der Waals surface area contributed by atoms with Crippen molar-refractivity contribution >= 4 is 0 Å². The summed E-state index contributed by atoms with van der Waals surface area (Å²) in [6.45, 7) is 2.72. The van der Waals surface area contributed by atoms with Crippen LogP contribution in [-0.4, -0.2) is 11.1 Å². The summed E-state index contributed by atoms with van der Waals surface area (Å²) in [7, 11) is 0. The van der Waals surface area contributed by atoms with E-state index in [2.05, 4.69) is 12.2 Å². The number of rotatable bonds is 4. The van der Waals surface area contributed by atoms with Crippen LogP contribution < -0.4 is 5.32 Å². The molecule has 0 heterocycles. The normalized spacial score (nSPS) is 18.8. The molecule has 0 radical (unpaired) electrons. The number of aromatic hydroxyl groups is 1. The minimum atomic E-state index is -0.542. The van der Waals surface area contributed by atoms with Gasteiger partial charge in [0.25, 0.3) is 0 Å². The van der Waals surface area contributed by atoms with E-state index in [1.54, 1.807) is 12.1 Å². The lowest BCUT2D eigenvalue weighted by Gasteiger charge is -2.28. The zero-order chi connectivity index (χ0) is 13.0. The second-order valence-corrected chi connectivity index (χ2v) is 5.32. The van der Waals surface area contributed by atoms with E-state index < -0.39 is 5.82 Å². The zero-order valence-corrected chi connectivity index (χ0v) is 11.0. The average Bonchev–Trinajstić information content (AvgIpc) is 2.41. The van der Waals surface area contributed by atoms with Crippen molar-refractivity contribution in [2.75, 3.05) is 0 Å². The van der Waals surface area contributed by atoms with Crippen LogP contribution >= 0.6 is 0 Å². The first kappa shape index (κ1) is 13.3. The molecular formula is C15H22FNO. The van der Waals surface area contributed by atoms with Gasteiger partial charge in [-0.25, -0.2) is 4.39 Å². The van der Waals surface area contributed by atoms with Gasteiger partial charge < -0.3 is 10.4 Å². The Balaban J connectivity index is 1.88. The molecule has 100 valence electrons. The lowest BCUT2D eigenvalue weighted by atomic mass is 9.84.